The molecule has 0 spiro atoms. The molecular formula is C27H28N4O2. The number of aliphatic hydroxyl groups is 1. The molecule has 6 heteroatoms. The van der Waals surface area contributed by atoms with Gasteiger partial charge in [-0.3, -0.25) is 4.98 Å². The molecule has 0 saturated carbocycles. The van der Waals surface area contributed by atoms with Gasteiger partial charge in [0.05, 0.1) is 24.0 Å². The van der Waals surface area contributed by atoms with Gasteiger partial charge in [-0.1, -0.05) is 18.2 Å². The fraction of sp³-hybridized carbons (Fsp3) is 0.296. The highest BCUT2D eigenvalue weighted by Crippen LogP contribution is 2.39. The zero-order chi connectivity index (χ0) is 22.4. The molecule has 2 aromatic carbocycles. The van der Waals surface area contributed by atoms with E-state index in [-0.39, 0.29) is 6.10 Å². The van der Waals surface area contributed by atoms with Crippen molar-refractivity contribution in [3.05, 3.63) is 77.7 Å². The first-order valence-corrected chi connectivity index (χ1v) is 11.7. The SMILES string of the molecule is CC1CN(CCc2c[nH]c3ccccc23)c2ccc(Nc3ccnc4c3CCC4O)cc2O1. The molecular weight excluding hydrogens is 412 g/mol. The third-order valence-electron chi connectivity index (χ3n) is 6.78. The highest BCUT2D eigenvalue weighted by atomic mass is 16.5. The molecule has 2 aliphatic rings. The van der Waals surface area contributed by atoms with Crippen LogP contribution >= 0.6 is 0 Å². The third kappa shape index (κ3) is 3.70. The number of fused-ring (bicyclic) bond motifs is 3. The number of hydrogen-bond donors (Lipinski definition) is 3. The molecule has 0 fully saturated rings. The van der Waals surface area contributed by atoms with Gasteiger partial charge in [-0.25, -0.2) is 0 Å². The van der Waals surface area contributed by atoms with Crippen molar-refractivity contribution < 1.29 is 9.84 Å². The van der Waals surface area contributed by atoms with Crippen LogP contribution < -0.4 is 15.0 Å². The predicted molar refractivity (Wildman–Crippen MR) is 132 cm³/mol. The first kappa shape index (κ1) is 20.1. The summed E-state index contributed by atoms with van der Waals surface area (Å²) in [6, 6.07) is 16.8. The van der Waals surface area contributed by atoms with Crippen LogP contribution in [0, 0.1) is 0 Å². The van der Waals surface area contributed by atoms with Crippen molar-refractivity contribution in [2.24, 2.45) is 0 Å². The van der Waals surface area contributed by atoms with Crippen LogP contribution in [0.5, 0.6) is 5.75 Å². The molecule has 2 aromatic heterocycles. The minimum atomic E-state index is -0.458. The van der Waals surface area contributed by atoms with Crippen LogP contribution in [0.25, 0.3) is 10.9 Å². The van der Waals surface area contributed by atoms with E-state index in [1.54, 1.807) is 6.20 Å². The molecule has 0 amide bonds. The van der Waals surface area contributed by atoms with E-state index in [1.807, 2.05) is 6.07 Å². The molecule has 4 aromatic rings. The molecule has 0 saturated heterocycles. The Balaban J connectivity index is 1.23. The zero-order valence-corrected chi connectivity index (χ0v) is 18.7. The third-order valence-corrected chi connectivity index (χ3v) is 6.78. The Morgan fingerprint density at radius 3 is 3.06 bits per heavy atom. The number of H-pyrrole nitrogens is 1. The van der Waals surface area contributed by atoms with Gasteiger partial charge in [-0.05, 0) is 61.6 Å². The van der Waals surface area contributed by atoms with Crippen molar-refractivity contribution in [2.75, 3.05) is 23.3 Å². The normalized spacial score (nSPS) is 19.3. The lowest BCUT2D eigenvalue weighted by atomic mass is 10.1. The number of aromatic nitrogens is 2. The molecule has 1 aliphatic carbocycles. The lowest BCUT2D eigenvalue weighted by molar-refractivity contribution is 0.176. The smallest absolute Gasteiger partial charge is 0.145 e. The largest absolute Gasteiger partial charge is 0.487 e. The quantitative estimate of drug-likeness (QED) is 0.402. The average molecular weight is 441 g/mol. The summed E-state index contributed by atoms with van der Waals surface area (Å²) in [6.45, 7) is 3.93. The summed E-state index contributed by atoms with van der Waals surface area (Å²) in [5.41, 5.74) is 7.57. The summed E-state index contributed by atoms with van der Waals surface area (Å²) in [7, 11) is 0. The summed E-state index contributed by atoms with van der Waals surface area (Å²) in [5.74, 6) is 0.906. The lowest BCUT2D eigenvalue weighted by Gasteiger charge is -2.35. The van der Waals surface area contributed by atoms with Gasteiger partial charge in [0.15, 0.2) is 0 Å². The molecule has 2 unspecified atom stereocenters. The number of benzene rings is 2. The maximum Gasteiger partial charge on any atom is 0.145 e. The molecule has 6 rings (SSSR count). The number of aromatic amines is 1. The fourth-order valence-electron chi connectivity index (χ4n) is 5.16. The van der Waals surface area contributed by atoms with Crippen molar-refractivity contribution in [1.29, 1.82) is 0 Å². The van der Waals surface area contributed by atoms with Gasteiger partial charge >= 0.3 is 0 Å². The standard InChI is InChI=1S/C27H28N4O2/c1-17-16-31(13-11-18-15-29-22-5-3-2-4-20(18)22)24-8-6-19(14-26(24)33-17)30-23-10-12-28-27-21(23)7-9-25(27)32/h2-6,8,10,12,14-15,17,25,29,32H,7,9,11,13,16H2,1H3,(H,28,30). The van der Waals surface area contributed by atoms with Crippen molar-refractivity contribution in [1.82, 2.24) is 9.97 Å². The van der Waals surface area contributed by atoms with Crippen LogP contribution in [-0.4, -0.2) is 34.3 Å². The summed E-state index contributed by atoms with van der Waals surface area (Å²) in [6.07, 6.45) is 6.10. The van der Waals surface area contributed by atoms with Crippen molar-refractivity contribution in [2.45, 2.75) is 38.4 Å². The molecule has 0 radical (unpaired) electrons. The van der Waals surface area contributed by atoms with Gasteiger partial charge in [0, 0.05) is 47.3 Å². The number of hydrogen-bond acceptors (Lipinski definition) is 5. The second-order valence-electron chi connectivity index (χ2n) is 9.07. The monoisotopic (exact) mass is 440 g/mol. The molecule has 3 N–H and O–H groups in total. The Hall–Kier alpha value is -3.51. The van der Waals surface area contributed by atoms with Crippen LogP contribution in [0.3, 0.4) is 0 Å². The molecule has 33 heavy (non-hydrogen) atoms. The van der Waals surface area contributed by atoms with Crippen LogP contribution in [0.1, 0.15) is 36.3 Å². The predicted octanol–water partition coefficient (Wildman–Crippen LogP) is 5.12. The van der Waals surface area contributed by atoms with E-state index in [9.17, 15) is 5.11 Å². The minimum absolute atomic E-state index is 0.121. The molecule has 168 valence electrons. The van der Waals surface area contributed by atoms with Crippen LogP contribution in [-0.2, 0) is 12.8 Å². The van der Waals surface area contributed by atoms with Crippen molar-refractivity contribution >= 4 is 28.0 Å². The van der Waals surface area contributed by atoms with E-state index in [1.165, 1.54) is 16.5 Å². The highest BCUT2D eigenvalue weighted by Gasteiger charge is 2.26. The number of anilines is 3. The second-order valence-corrected chi connectivity index (χ2v) is 9.07. The number of para-hydroxylation sites is 1. The van der Waals surface area contributed by atoms with Gasteiger partial charge < -0.3 is 25.0 Å². The first-order valence-electron chi connectivity index (χ1n) is 11.7. The molecule has 1 aliphatic heterocycles. The summed E-state index contributed by atoms with van der Waals surface area (Å²) < 4.78 is 6.22. The number of nitrogens with zero attached hydrogens (tertiary/aromatic N) is 2. The average Bonchev–Trinajstić information content (AvgIpc) is 3.41. The zero-order valence-electron chi connectivity index (χ0n) is 18.7. The number of pyridine rings is 1. The number of nitrogens with one attached hydrogen (secondary N) is 2. The van der Waals surface area contributed by atoms with Gasteiger partial charge in [0.1, 0.15) is 11.9 Å². The van der Waals surface area contributed by atoms with E-state index in [0.717, 1.165) is 66.4 Å². The Morgan fingerprint density at radius 2 is 2.12 bits per heavy atom. The topological polar surface area (TPSA) is 73.4 Å². The maximum absolute atomic E-state index is 10.1. The van der Waals surface area contributed by atoms with Gasteiger partial charge in [-0.15, -0.1) is 0 Å². The minimum Gasteiger partial charge on any atom is -0.487 e. The summed E-state index contributed by atoms with van der Waals surface area (Å²) in [4.78, 5) is 10.2. The van der Waals surface area contributed by atoms with E-state index in [4.69, 9.17) is 4.74 Å². The fourth-order valence-corrected chi connectivity index (χ4v) is 5.16. The van der Waals surface area contributed by atoms with Crippen molar-refractivity contribution in [3.63, 3.8) is 0 Å². The van der Waals surface area contributed by atoms with Crippen LogP contribution in [0.15, 0.2) is 60.9 Å². The van der Waals surface area contributed by atoms with Gasteiger partial charge in [0.2, 0.25) is 0 Å². The van der Waals surface area contributed by atoms with Gasteiger partial charge in [0.25, 0.3) is 0 Å². The van der Waals surface area contributed by atoms with Crippen LogP contribution in [0.2, 0.25) is 0 Å². The van der Waals surface area contributed by atoms with Crippen LogP contribution in [0.4, 0.5) is 17.1 Å². The number of aliphatic hydroxyl groups excluding tert-OH is 1. The van der Waals surface area contributed by atoms with E-state index in [0.29, 0.717) is 0 Å². The van der Waals surface area contributed by atoms with E-state index >= 15 is 0 Å². The Labute approximate surface area is 193 Å². The van der Waals surface area contributed by atoms with E-state index < -0.39 is 6.10 Å². The van der Waals surface area contributed by atoms with Crippen molar-refractivity contribution in [3.8, 4) is 5.75 Å². The summed E-state index contributed by atoms with van der Waals surface area (Å²) in [5, 5.41) is 15.0. The highest BCUT2D eigenvalue weighted by molar-refractivity contribution is 5.83. The molecule has 2 atom stereocenters. The van der Waals surface area contributed by atoms with Gasteiger partial charge in [-0.2, -0.15) is 0 Å². The molecule has 3 heterocycles. The number of ether oxygens (including phenoxy) is 1. The summed E-state index contributed by atoms with van der Waals surface area (Å²) >= 11 is 0. The first-order chi connectivity index (χ1) is 16.2. The lowest BCUT2D eigenvalue weighted by Crippen LogP contribution is -2.39. The Bertz CT molecular complexity index is 1310. The van der Waals surface area contributed by atoms with E-state index in [2.05, 4.69) is 75.8 Å². The molecule has 6 nitrogen and oxygen atoms in total. The number of rotatable bonds is 5. The maximum atomic E-state index is 10.1. The molecule has 0 bridgehead atoms. The Morgan fingerprint density at radius 1 is 1.21 bits per heavy atom. The second kappa shape index (κ2) is 8.12. The Kier molecular flexibility index (Phi) is 4.95.